The van der Waals surface area contributed by atoms with Gasteiger partial charge in [-0.3, -0.25) is 19.5 Å². The molecule has 182 valence electrons. The highest BCUT2D eigenvalue weighted by molar-refractivity contribution is 6.42. The molecule has 1 atom stereocenters. The first-order valence-corrected chi connectivity index (χ1v) is 11.8. The molecule has 1 saturated carbocycles. The lowest BCUT2D eigenvalue weighted by molar-refractivity contribution is -0.138. The first kappa shape index (κ1) is 24.7. The summed E-state index contributed by atoms with van der Waals surface area (Å²) in [6.07, 6.45) is 6.88. The summed E-state index contributed by atoms with van der Waals surface area (Å²) in [7, 11) is 0. The normalized spacial score (nSPS) is 18.8. The van der Waals surface area contributed by atoms with Gasteiger partial charge in [-0.1, -0.05) is 39.0 Å². The fourth-order valence-corrected chi connectivity index (χ4v) is 4.25. The number of nitrogens with one attached hydrogen (secondary N) is 4. The van der Waals surface area contributed by atoms with Gasteiger partial charge in [-0.15, -0.1) is 0 Å². The second kappa shape index (κ2) is 11.8. The van der Waals surface area contributed by atoms with Crippen LogP contribution in [-0.2, 0) is 19.1 Å². The van der Waals surface area contributed by atoms with Gasteiger partial charge in [0.1, 0.15) is 5.54 Å². The number of urea groups is 1. The zero-order valence-corrected chi connectivity index (χ0v) is 19.2. The van der Waals surface area contributed by atoms with E-state index >= 15 is 0 Å². The summed E-state index contributed by atoms with van der Waals surface area (Å²) in [6, 6.07) is 0.252. The van der Waals surface area contributed by atoms with Gasteiger partial charge < -0.3 is 25.6 Å². The number of ether oxygens (including phenoxy) is 1. The zero-order valence-electron chi connectivity index (χ0n) is 19.2. The van der Waals surface area contributed by atoms with E-state index in [1.807, 2.05) is 6.92 Å². The van der Waals surface area contributed by atoms with E-state index in [4.69, 9.17) is 4.74 Å². The van der Waals surface area contributed by atoms with Gasteiger partial charge >= 0.3 is 6.03 Å². The van der Waals surface area contributed by atoms with E-state index in [0.29, 0.717) is 52.0 Å². The van der Waals surface area contributed by atoms with Crippen molar-refractivity contribution in [1.82, 2.24) is 25.7 Å². The van der Waals surface area contributed by atoms with E-state index in [1.54, 1.807) is 4.90 Å². The monoisotopic (exact) mass is 462 g/mol. The van der Waals surface area contributed by atoms with Crippen LogP contribution >= 0.6 is 0 Å². The fourth-order valence-electron chi connectivity index (χ4n) is 4.25. The Bertz CT molecular complexity index is 815. The number of unbranched alkanes of at least 4 members (excludes halogenated alkanes) is 1. The Morgan fingerprint density at radius 2 is 1.91 bits per heavy atom. The number of Topliss-reactive ketones (excluding diaryl/α,β-unsaturated/α-hetero) is 1. The van der Waals surface area contributed by atoms with Gasteiger partial charge in [0, 0.05) is 25.4 Å². The van der Waals surface area contributed by atoms with Crippen LogP contribution < -0.4 is 16.0 Å². The summed E-state index contributed by atoms with van der Waals surface area (Å²) < 4.78 is 5.31. The number of hydrogen-bond acceptors (Lipinski definition) is 6. The highest BCUT2D eigenvalue weighted by atomic mass is 16.5. The van der Waals surface area contributed by atoms with Crippen LogP contribution in [0.4, 0.5) is 10.6 Å². The first-order valence-electron chi connectivity index (χ1n) is 11.8. The van der Waals surface area contributed by atoms with Crippen molar-refractivity contribution in [3.05, 3.63) is 12.3 Å². The zero-order chi connectivity index (χ0) is 23.7. The Morgan fingerprint density at radius 1 is 1.18 bits per heavy atom. The van der Waals surface area contributed by atoms with Crippen LogP contribution in [0.2, 0.25) is 0 Å². The number of aromatic nitrogens is 2. The van der Waals surface area contributed by atoms with Crippen molar-refractivity contribution in [2.45, 2.75) is 69.9 Å². The van der Waals surface area contributed by atoms with Crippen LogP contribution in [0.15, 0.2) is 12.3 Å². The molecule has 3 rings (SSSR count). The molecule has 2 aliphatic rings. The molecule has 33 heavy (non-hydrogen) atoms. The second-order valence-corrected chi connectivity index (χ2v) is 8.62. The minimum atomic E-state index is -1.10. The van der Waals surface area contributed by atoms with Gasteiger partial charge in [-0.2, -0.15) is 5.10 Å². The van der Waals surface area contributed by atoms with Gasteiger partial charge in [0.15, 0.2) is 5.82 Å². The molecule has 2 fully saturated rings. The number of amides is 4. The van der Waals surface area contributed by atoms with E-state index in [9.17, 15) is 19.2 Å². The van der Waals surface area contributed by atoms with Gasteiger partial charge in [-0.25, -0.2) is 4.79 Å². The number of hydrogen-bond donors (Lipinski definition) is 4. The number of anilines is 1. The smallest absolute Gasteiger partial charge is 0.318 e. The van der Waals surface area contributed by atoms with Gasteiger partial charge in [0.25, 0.3) is 5.91 Å². The maximum absolute atomic E-state index is 13.5. The van der Waals surface area contributed by atoms with Crippen molar-refractivity contribution in [2.75, 3.05) is 31.6 Å². The Kier molecular flexibility index (Phi) is 8.81. The first-order chi connectivity index (χ1) is 15.9. The van der Waals surface area contributed by atoms with E-state index < -0.39 is 29.2 Å². The molecule has 0 bridgehead atoms. The summed E-state index contributed by atoms with van der Waals surface area (Å²) in [5.74, 6) is -1.75. The maximum atomic E-state index is 13.5. The van der Waals surface area contributed by atoms with Crippen molar-refractivity contribution < 1.29 is 23.9 Å². The number of ketones is 1. The Balaban J connectivity index is 1.71. The number of carbonyl (C=O) groups excluding carboxylic acids is 4. The summed E-state index contributed by atoms with van der Waals surface area (Å²) in [5, 5.41) is 14.6. The highest BCUT2D eigenvalue weighted by Gasteiger charge is 2.43. The van der Waals surface area contributed by atoms with E-state index in [1.165, 1.54) is 12.3 Å². The van der Waals surface area contributed by atoms with Crippen molar-refractivity contribution in [1.29, 1.82) is 0 Å². The number of rotatable bonds is 9. The Morgan fingerprint density at radius 3 is 2.55 bits per heavy atom. The van der Waals surface area contributed by atoms with Crippen molar-refractivity contribution in [3.63, 3.8) is 0 Å². The van der Waals surface area contributed by atoms with Crippen molar-refractivity contribution >= 4 is 29.4 Å². The van der Waals surface area contributed by atoms with Gasteiger partial charge in [-0.05, 0) is 19.3 Å². The molecular weight excluding hydrogens is 428 g/mol. The molecule has 4 N–H and O–H groups in total. The van der Waals surface area contributed by atoms with Crippen molar-refractivity contribution in [2.24, 2.45) is 0 Å². The molecule has 11 heteroatoms. The summed E-state index contributed by atoms with van der Waals surface area (Å²) in [6.45, 7) is 3.83. The molecule has 0 radical (unpaired) electrons. The SMILES string of the molecule is CCCC[C@H](NC(=O)C1(NC(=O)N2CCOCC2)CCCCC1)C(=O)C(=O)Nc1cc[nH]n1. The number of nitrogens with zero attached hydrogens (tertiary/aromatic N) is 2. The topological polar surface area (TPSA) is 146 Å². The average Bonchev–Trinajstić information content (AvgIpc) is 3.35. The quantitative estimate of drug-likeness (QED) is 0.408. The Hall–Kier alpha value is -2.95. The molecule has 11 nitrogen and oxygen atoms in total. The highest BCUT2D eigenvalue weighted by Crippen LogP contribution is 2.29. The number of H-pyrrole nitrogens is 1. The largest absolute Gasteiger partial charge is 0.378 e. The standard InChI is InChI=1S/C22H34N6O5/c1-2-3-7-16(18(29)19(30)25-17-8-11-23-27-17)24-20(31)22(9-5-4-6-10-22)26-21(32)28-12-14-33-15-13-28/h8,11,16H,2-7,9-10,12-15H2,1H3,(H,24,31)(H,26,32)(H2,23,25,27,30)/t16-/m0/s1. The Labute approximate surface area is 193 Å². The molecule has 4 amide bonds. The van der Waals surface area contributed by atoms with E-state index in [0.717, 1.165) is 25.7 Å². The number of morpholine rings is 1. The molecule has 1 aromatic heterocycles. The third kappa shape index (κ3) is 6.53. The predicted molar refractivity (Wildman–Crippen MR) is 120 cm³/mol. The van der Waals surface area contributed by atoms with E-state index in [2.05, 4.69) is 26.1 Å². The third-order valence-corrected chi connectivity index (χ3v) is 6.22. The molecule has 1 saturated heterocycles. The van der Waals surface area contributed by atoms with Crippen molar-refractivity contribution in [3.8, 4) is 0 Å². The molecule has 2 heterocycles. The summed E-state index contributed by atoms with van der Waals surface area (Å²) in [5.41, 5.74) is -1.10. The van der Waals surface area contributed by atoms with Crippen LogP contribution in [0.1, 0.15) is 58.3 Å². The van der Waals surface area contributed by atoms with Crippen LogP contribution in [0.25, 0.3) is 0 Å². The maximum Gasteiger partial charge on any atom is 0.318 e. The van der Waals surface area contributed by atoms with Crippen LogP contribution in [-0.4, -0.2) is 76.6 Å². The molecule has 1 aliphatic carbocycles. The average molecular weight is 463 g/mol. The molecule has 0 spiro atoms. The molecule has 0 unspecified atom stereocenters. The van der Waals surface area contributed by atoms with Crippen LogP contribution in [0.5, 0.6) is 0 Å². The lowest BCUT2D eigenvalue weighted by Gasteiger charge is -2.39. The fraction of sp³-hybridized carbons (Fsp3) is 0.682. The predicted octanol–water partition coefficient (Wildman–Crippen LogP) is 1.34. The number of aromatic amines is 1. The minimum absolute atomic E-state index is 0.232. The summed E-state index contributed by atoms with van der Waals surface area (Å²) >= 11 is 0. The minimum Gasteiger partial charge on any atom is -0.378 e. The molecule has 1 aliphatic heterocycles. The lowest BCUT2D eigenvalue weighted by atomic mass is 9.80. The number of carbonyl (C=O) groups is 4. The third-order valence-electron chi connectivity index (χ3n) is 6.22. The molecule has 1 aromatic rings. The second-order valence-electron chi connectivity index (χ2n) is 8.62. The lowest BCUT2D eigenvalue weighted by Crippen LogP contribution is -2.64. The van der Waals surface area contributed by atoms with Crippen LogP contribution in [0, 0.1) is 0 Å². The van der Waals surface area contributed by atoms with Gasteiger partial charge in [0.05, 0.1) is 19.3 Å². The molecule has 0 aromatic carbocycles. The molecular formula is C22H34N6O5. The summed E-state index contributed by atoms with van der Waals surface area (Å²) in [4.78, 5) is 53.4. The van der Waals surface area contributed by atoms with Gasteiger partial charge in [0.2, 0.25) is 11.7 Å². The van der Waals surface area contributed by atoms with E-state index in [-0.39, 0.29) is 11.8 Å². The van der Waals surface area contributed by atoms with Crippen LogP contribution in [0.3, 0.4) is 0 Å².